The predicted octanol–water partition coefficient (Wildman–Crippen LogP) is 2.05. The van der Waals surface area contributed by atoms with Gasteiger partial charge in [-0.3, -0.25) is 9.88 Å². The fraction of sp³-hybridized carbons (Fsp3) is 0.455. The Morgan fingerprint density at radius 2 is 1.82 bits per heavy atom. The summed E-state index contributed by atoms with van der Waals surface area (Å²) in [5.41, 5.74) is 4.76. The van der Waals surface area contributed by atoms with Gasteiger partial charge in [-0.2, -0.15) is 0 Å². The molecule has 148 valence electrons. The second kappa shape index (κ2) is 8.29. The summed E-state index contributed by atoms with van der Waals surface area (Å²) < 4.78 is 0. The van der Waals surface area contributed by atoms with E-state index < -0.39 is 6.10 Å². The zero-order valence-electron chi connectivity index (χ0n) is 16.4. The molecule has 2 aliphatic rings. The monoisotopic (exact) mass is 380 g/mol. The lowest BCUT2D eigenvalue weighted by Crippen LogP contribution is -2.43. The van der Waals surface area contributed by atoms with Crippen LogP contribution in [0.15, 0.2) is 42.6 Å². The van der Waals surface area contributed by atoms with Gasteiger partial charge in [0.15, 0.2) is 0 Å². The maximum Gasteiger partial charge on any atom is 0.320 e. The van der Waals surface area contributed by atoms with E-state index in [0.29, 0.717) is 32.7 Å². The summed E-state index contributed by atoms with van der Waals surface area (Å²) in [7, 11) is 0. The maximum atomic E-state index is 12.7. The number of amides is 2. The molecule has 1 fully saturated rings. The van der Waals surface area contributed by atoms with Crippen molar-refractivity contribution in [3.8, 4) is 0 Å². The maximum absolute atomic E-state index is 12.7. The molecule has 0 bridgehead atoms. The molecule has 0 radical (unpaired) electrons. The van der Waals surface area contributed by atoms with Gasteiger partial charge in [-0.1, -0.05) is 30.3 Å². The fourth-order valence-electron chi connectivity index (χ4n) is 4.08. The van der Waals surface area contributed by atoms with E-state index >= 15 is 0 Å². The molecule has 1 saturated heterocycles. The molecule has 3 heterocycles. The van der Waals surface area contributed by atoms with Gasteiger partial charge in [0.2, 0.25) is 0 Å². The molecule has 1 atom stereocenters. The third-order valence-corrected chi connectivity index (χ3v) is 5.64. The number of fused-ring (bicyclic) bond motifs is 1. The number of pyridine rings is 1. The van der Waals surface area contributed by atoms with Crippen LogP contribution in [-0.2, 0) is 19.5 Å². The standard InChI is InChI=1S/C22H28N4O2/c1-17-6-7-18(12-23-17)13-25-10-11-26(22(25)28)16-21(27)15-24-9-8-19-4-2-3-5-20(19)14-24/h2-7,12,21,27H,8-11,13-16H2,1H3. The largest absolute Gasteiger partial charge is 0.390 e. The molecule has 1 N–H and O–H groups in total. The first-order valence-electron chi connectivity index (χ1n) is 10.0. The number of aryl methyl sites for hydroxylation is 1. The number of urea groups is 1. The lowest BCUT2D eigenvalue weighted by atomic mass is 10.00. The molecule has 1 aromatic carbocycles. The molecule has 6 nitrogen and oxygen atoms in total. The van der Waals surface area contributed by atoms with Crippen LogP contribution in [0.2, 0.25) is 0 Å². The molecule has 1 unspecified atom stereocenters. The van der Waals surface area contributed by atoms with Gasteiger partial charge in [-0.05, 0) is 36.1 Å². The smallest absolute Gasteiger partial charge is 0.320 e. The topological polar surface area (TPSA) is 59.9 Å². The Morgan fingerprint density at radius 1 is 1.04 bits per heavy atom. The van der Waals surface area contributed by atoms with E-state index in [2.05, 4.69) is 34.1 Å². The van der Waals surface area contributed by atoms with Gasteiger partial charge in [0, 0.05) is 57.7 Å². The van der Waals surface area contributed by atoms with Gasteiger partial charge in [0.1, 0.15) is 0 Å². The van der Waals surface area contributed by atoms with E-state index in [1.54, 1.807) is 4.90 Å². The predicted molar refractivity (Wildman–Crippen MR) is 108 cm³/mol. The summed E-state index contributed by atoms with van der Waals surface area (Å²) in [5, 5.41) is 10.6. The number of nitrogens with zero attached hydrogens (tertiary/aromatic N) is 4. The number of aliphatic hydroxyl groups excluding tert-OH is 1. The Hall–Kier alpha value is -2.44. The summed E-state index contributed by atoms with van der Waals surface area (Å²) in [6, 6.07) is 12.5. The first-order chi connectivity index (χ1) is 13.6. The van der Waals surface area contributed by atoms with Crippen molar-refractivity contribution in [3.63, 3.8) is 0 Å². The molecule has 0 spiro atoms. The van der Waals surface area contributed by atoms with E-state index in [-0.39, 0.29) is 6.03 Å². The highest BCUT2D eigenvalue weighted by atomic mass is 16.3. The highest BCUT2D eigenvalue weighted by Crippen LogP contribution is 2.19. The van der Waals surface area contributed by atoms with Crippen molar-refractivity contribution in [1.82, 2.24) is 19.7 Å². The molecule has 1 aromatic heterocycles. The van der Waals surface area contributed by atoms with E-state index in [0.717, 1.165) is 30.8 Å². The van der Waals surface area contributed by atoms with E-state index in [9.17, 15) is 9.90 Å². The van der Waals surface area contributed by atoms with Crippen molar-refractivity contribution in [1.29, 1.82) is 0 Å². The molecular formula is C22H28N4O2. The molecule has 2 aromatic rings. The molecule has 28 heavy (non-hydrogen) atoms. The molecule has 2 amide bonds. The van der Waals surface area contributed by atoms with Crippen LogP contribution in [0.25, 0.3) is 0 Å². The van der Waals surface area contributed by atoms with E-state index in [1.807, 2.05) is 30.2 Å². The number of hydrogen-bond acceptors (Lipinski definition) is 4. The number of benzene rings is 1. The number of rotatable bonds is 6. The summed E-state index contributed by atoms with van der Waals surface area (Å²) in [6.45, 7) is 6.69. The van der Waals surface area contributed by atoms with E-state index in [1.165, 1.54) is 11.1 Å². The van der Waals surface area contributed by atoms with Gasteiger partial charge in [-0.15, -0.1) is 0 Å². The van der Waals surface area contributed by atoms with Gasteiger partial charge in [0.05, 0.1) is 6.10 Å². The van der Waals surface area contributed by atoms with Crippen LogP contribution in [0.5, 0.6) is 0 Å². The Balaban J connectivity index is 1.27. The minimum atomic E-state index is -0.532. The average molecular weight is 380 g/mol. The average Bonchev–Trinajstić information content (AvgIpc) is 3.03. The van der Waals surface area contributed by atoms with Crippen molar-refractivity contribution >= 4 is 6.03 Å². The van der Waals surface area contributed by atoms with Crippen molar-refractivity contribution in [3.05, 3.63) is 65.0 Å². The van der Waals surface area contributed by atoms with Crippen LogP contribution >= 0.6 is 0 Å². The van der Waals surface area contributed by atoms with Crippen LogP contribution in [0.3, 0.4) is 0 Å². The van der Waals surface area contributed by atoms with E-state index in [4.69, 9.17) is 0 Å². The number of β-amino-alcohol motifs (C(OH)–C–C–N with tert-alkyl or cyclic N) is 1. The van der Waals surface area contributed by atoms with Crippen LogP contribution in [0.4, 0.5) is 4.79 Å². The van der Waals surface area contributed by atoms with Crippen LogP contribution < -0.4 is 0 Å². The SMILES string of the molecule is Cc1ccc(CN2CCN(CC(O)CN3CCc4ccccc4C3)C2=O)cn1. The third-order valence-electron chi connectivity index (χ3n) is 5.64. The lowest BCUT2D eigenvalue weighted by molar-refractivity contribution is 0.0812. The zero-order valence-corrected chi connectivity index (χ0v) is 16.4. The number of aliphatic hydroxyl groups is 1. The number of carbonyl (C=O) groups is 1. The Labute approximate surface area is 166 Å². The number of hydrogen-bond donors (Lipinski definition) is 1. The van der Waals surface area contributed by atoms with Gasteiger partial charge in [0.25, 0.3) is 0 Å². The second-order valence-electron chi connectivity index (χ2n) is 7.87. The highest BCUT2D eigenvalue weighted by Gasteiger charge is 2.30. The number of carbonyl (C=O) groups excluding carboxylic acids is 1. The summed E-state index contributed by atoms with van der Waals surface area (Å²) in [5.74, 6) is 0. The van der Waals surface area contributed by atoms with Crippen molar-refractivity contribution in [2.45, 2.75) is 32.5 Å². The molecule has 2 aliphatic heterocycles. The summed E-state index contributed by atoms with van der Waals surface area (Å²) >= 11 is 0. The summed E-state index contributed by atoms with van der Waals surface area (Å²) in [4.78, 5) is 22.9. The zero-order chi connectivity index (χ0) is 19.5. The van der Waals surface area contributed by atoms with Crippen LogP contribution in [-0.4, -0.2) is 69.6 Å². The van der Waals surface area contributed by atoms with Crippen molar-refractivity contribution in [2.75, 3.05) is 32.7 Å². The van der Waals surface area contributed by atoms with Crippen molar-refractivity contribution in [2.24, 2.45) is 0 Å². The molecular weight excluding hydrogens is 352 g/mol. The quantitative estimate of drug-likeness (QED) is 0.833. The van der Waals surface area contributed by atoms with Gasteiger partial charge >= 0.3 is 6.03 Å². The second-order valence-corrected chi connectivity index (χ2v) is 7.87. The minimum Gasteiger partial charge on any atom is -0.390 e. The lowest BCUT2D eigenvalue weighted by Gasteiger charge is -2.31. The Morgan fingerprint density at radius 3 is 2.61 bits per heavy atom. The third kappa shape index (κ3) is 4.34. The molecule has 0 aliphatic carbocycles. The Kier molecular flexibility index (Phi) is 5.59. The fourth-order valence-corrected chi connectivity index (χ4v) is 4.08. The van der Waals surface area contributed by atoms with Crippen LogP contribution in [0, 0.1) is 6.92 Å². The summed E-state index contributed by atoms with van der Waals surface area (Å²) in [6.07, 6.45) is 2.31. The first kappa shape index (κ1) is 18.9. The van der Waals surface area contributed by atoms with Gasteiger partial charge in [-0.25, -0.2) is 4.79 Å². The normalized spacial score (nSPS) is 18.4. The first-order valence-corrected chi connectivity index (χ1v) is 10.0. The van der Waals surface area contributed by atoms with Gasteiger partial charge < -0.3 is 14.9 Å². The number of aromatic nitrogens is 1. The molecule has 0 saturated carbocycles. The van der Waals surface area contributed by atoms with Crippen molar-refractivity contribution < 1.29 is 9.90 Å². The Bertz CT molecular complexity index is 824. The minimum absolute atomic E-state index is 0.00335. The molecule has 6 heteroatoms. The van der Waals surface area contributed by atoms with Crippen LogP contribution in [0.1, 0.15) is 22.4 Å². The highest BCUT2D eigenvalue weighted by molar-refractivity contribution is 5.76. The molecule has 4 rings (SSSR count).